The zero-order chi connectivity index (χ0) is 18.6. The van der Waals surface area contributed by atoms with E-state index in [0.717, 1.165) is 19.2 Å². The van der Waals surface area contributed by atoms with Crippen molar-refractivity contribution < 1.29 is 32.2 Å². The summed E-state index contributed by atoms with van der Waals surface area (Å²) in [7, 11) is 1.11. The van der Waals surface area contributed by atoms with Crippen molar-refractivity contribution in [3.8, 4) is 0 Å². The van der Waals surface area contributed by atoms with E-state index in [0.29, 0.717) is 25.1 Å². The molecular weight excluding hydrogens is 339 g/mol. The first-order valence-corrected chi connectivity index (χ1v) is 7.96. The van der Waals surface area contributed by atoms with Gasteiger partial charge >= 0.3 is 18.1 Å². The number of esters is 2. The van der Waals surface area contributed by atoms with Gasteiger partial charge in [-0.2, -0.15) is 13.2 Å². The second kappa shape index (κ2) is 7.86. The van der Waals surface area contributed by atoms with Crippen LogP contribution in [-0.2, 0) is 20.4 Å². The summed E-state index contributed by atoms with van der Waals surface area (Å²) in [5.74, 6) is -2.27. The van der Waals surface area contributed by atoms with Crippen LogP contribution in [0, 0.1) is 5.92 Å². The van der Waals surface area contributed by atoms with Crippen molar-refractivity contribution >= 4 is 11.9 Å². The van der Waals surface area contributed by atoms with Gasteiger partial charge in [0, 0.05) is 12.5 Å². The van der Waals surface area contributed by atoms with E-state index >= 15 is 0 Å². The maximum absolute atomic E-state index is 13.0. The van der Waals surface area contributed by atoms with Gasteiger partial charge < -0.3 is 14.8 Å². The minimum absolute atomic E-state index is 0.180. The van der Waals surface area contributed by atoms with E-state index in [2.05, 4.69) is 10.1 Å². The molecule has 0 aromatic heterocycles. The molecule has 1 fully saturated rings. The molecule has 0 radical (unpaired) electrons. The quantitative estimate of drug-likeness (QED) is 0.838. The lowest BCUT2D eigenvalue weighted by Crippen LogP contribution is -2.40. The molecule has 1 N–H and O–H groups in total. The van der Waals surface area contributed by atoms with Gasteiger partial charge in [-0.25, -0.2) is 4.79 Å². The van der Waals surface area contributed by atoms with Gasteiger partial charge in [-0.1, -0.05) is 6.07 Å². The summed E-state index contributed by atoms with van der Waals surface area (Å²) in [6.07, 6.45) is -4.10. The number of halogens is 3. The molecule has 1 aromatic rings. The Balaban J connectivity index is 2.47. The number of carbonyl (C=O) groups is 2. The molecule has 2 rings (SSSR count). The Labute approximate surface area is 143 Å². The highest BCUT2D eigenvalue weighted by Crippen LogP contribution is 2.36. The number of piperidine rings is 1. The topological polar surface area (TPSA) is 64.6 Å². The van der Waals surface area contributed by atoms with E-state index in [1.165, 1.54) is 6.07 Å². The fourth-order valence-corrected chi connectivity index (χ4v) is 3.06. The lowest BCUT2D eigenvalue weighted by Gasteiger charge is -2.32. The van der Waals surface area contributed by atoms with Crippen molar-refractivity contribution in [3.63, 3.8) is 0 Å². The van der Waals surface area contributed by atoms with Crippen LogP contribution in [-0.4, -0.2) is 38.7 Å². The summed E-state index contributed by atoms with van der Waals surface area (Å²) in [5.41, 5.74) is -0.765. The van der Waals surface area contributed by atoms with Gasteiger partial charge in [0.15, 0.2) is 0 Å². The highest BCUT2D eigenvalue weighted by molar-refractivity contribution is 5.92. The number of nitrogens with one attached hydrogen (secondary N) is 1. The number of hydrogen-bond donors (Lipinski definition) is 1. The van der Waals surface area contributed by atoms with E-state index in [4.69, 9.17) is 4.74 Å². The third kappa shape index (κ3) is 4.31. The van der Waals surface area contributed by atoms with Gasteiger partial charge in [-0.05, 0) is 37.6 Å². The number of ether oxygens (including phenoxy) is 2. The lowest BCUT2D eigenvalue weighted by atomic mass is 9.79. The summed E-state index contributed by atoms with van der Waals surface area (Å²) in [6.45, 7) is 2.85. The zero-order valence-electron chi connectivity index (χ0n) is 14.0. The van der Waals surface area contributed by atoms with E-state index in [1.54, 1.807) is 6.92 Å². The zero-order valence-corrected chi connectivity index (χ0v) is 14.0. The number of hydrogen-bond acceptors (Lipinski definition) is 5. The van der Waals surface area contributed by atoms with Crippen LogP contribution in [0.25, 0.3) is 0 Å². The third-order valence-corrected chi connectivity index (χ3v) is 4.26. The maximum atomic E-state index is 13.0. The second-order valence-electron chi connectivity index (χ2n) is 5.75. The molecule has 138 valence electrons. The summed E-state index contributed by atoms with van der Waals surface area (Å²) in [4.78, 5) is 24.2. The minimum Gasteiger partial charge on any atom is -0.466 e. The Bertz CT molecular complexity index is 645. The number of carbonyl (C=O) groups excluding carboxylic acids is 2. The van der Waals surface area contributed by atoms with E-state index < -0.39 is 35.5 Å². The molecule has 1 aromatic carbocycles. The van der Waals surface area contributed by atoms with Crippen LogP contribution in [0.4, 0.5) is 13.2 Å². The predicted octanol–water partition coefficient (Wildman–Crippen LogP) is 2.75. The van der Waals surface area contributed by atoms with Crippen molar-refractivity contribution in [1.29, 1.82) is 0 Å². The summed E-state index contributed by atoms with van der Waals surface area (Å²) >= 11 is 0. The Kier molecular flexibility index (Phi) is 6.05. The molecule has 25 heavy (non-hydrogen) atoms. The number of benzene rings is 1. The number of methoxy groups -OCH3 is 1. The van der Waals surface area contributed by atoms with Gasteiger partial charge in [0.2, 0.25) is 0 Å². The molecule has 2 atom stereocenters. The van der Waals surface area contributed by atoms with Gasteiger partial charge in [0.25, 0.3) is 0 Å². The monoisotopic (exact) mass is 359 g/mol. The molecule has 0 amide bonds. The molecule has 1 saturated heterocycles. The van der Waals surface area contributed by atoms with Crippen molar-refractivity contribution in [2.75, 3.05) is 26.8 Å². The maximum Gasteiger partial charge on any atom is 0.416 e. The smallest absolute Gasteiger partial charge is 0.416 e. The fraction of sp³-hybridized carbons (Fsp3) is 0.529. The van der Waals surface area contributed by atoms with Crippen molar-refractivity contribution in [3.05, 3.63) is 34.9 Å². The van der Waals surface area contributed by atoms with Gasteiger partial charge in [-0.15, -0.1) is 0 Å². The number of alkyl halides is 3. The highest BCUT2D eigenvalue weighted by Gasteiger charge is 2.37. The Morgan fingerprint density at radius 3 is 2.64 bits per heavy atom. The van der Waals surface area contributed by atoms with Crippen molar-refractivity contribution in [2.24, 2.45) is 5.92 Å². The molecule has 0 unspecified atom stereocenters. The standard InChI is InChI=1S/C17H20F3NO4/c1-3-25-16(23)12-6-7-21-9-14(12)11-5-4-10(17(18,19)20)8-13(11)15(22)24-2/h4-5,8,12,14,21H,3,6-7,9H2,1-2H3/t12-,14-/m1/s1. The van der Waals surface area contributed by atoms with E-state index in [1.807, 2.05) is 0 Å². The minimum atomic E-state index is -4.58. The molecule has 1 aliphatic rings. The van der Waals surface area contributed by atoms with E-state index in [9.17, 15) is 22.8 Å². The molecular formula is C17H20F3NO4. The lowest BCUT2D eigenvalue weighted by molar-refractivity contribution is -0.149. The average molecular weight is 359 g/mol. The largest absolute Gasteiger partial charge is 0.466 e. The molecule has 0 bridgehead atoms. The summed E-state index contributed by atoms with van der Waals surface area (Å²) in [5, 5.41) is 3.11. The van der Waals surface area contributed by atoms with Crippen molar-refractivity contribution in [2.45, 2.75) is 25.4 Å². The van der Waals surface area contributed by atoms with Crippen LogP contribution < -0.4 is 5.32 Å². The van der Waals surface area contributed by atoms with Crippen LogP contribution in [0.3, 0.4) is 0 Å². The van der Waals surface area contributed by atoms with Gasteiger partial charge in [0.05, 0.1) is 30.8 Å². The molecule has 0 saturated carbocycles. The van der Waals surface area contributed by atoms with Crippen LogP contribution in [0.1, 0.15) is 40.7 Å². The SMILES string of the molecule is CCOC(=O)[C@@H]1CCNC[C@@H]1c1ccc(C(F)(F)F)cc1C(=O)OC. The summed E-state index contributed by atoms with van der Waals surface area (Å²) < 4.78 is 48.6. The molecule has 5 nitrogen and oxygen atoms in total. The normalized spacial score (nSPS) is 20.8. The van der Waals surface area contributed by atoms with E-state index in [-0.39, 0.29) is 12.2 Å². The Hall–Kier alpha value is -2.09. The molecule has 0 spiro atoms. The number of rotatable bonds is 4. The molecule has 1 heterocycles. The van der Waals surface area contributed by atoms with Gasteiger partial charge in [-0.3, -0.25) is 4.79 Å². The molecule has 8 heteroatoms. The summed E-state index contributed by atoms with van der Waals surface area (Å²) in [6, 6.07) is 2.94. The van der Waals surface area contributed by atoms with Crippen LogP contribution >= 0.6 is 0 Å². The Morgan fingerprint density at radius 1 is 1.32 bits per heavy atom. The molecule has 1 aliphatic heterocycles. The first-order chi connectivity index (χ1) is 11.8. The second-order valence-corrected chi connectivity index (χ2v) is 5.75. The van der Waals surface area contributed by atoms with Crippen LogP contribution in [0.2, 0.25) is 0 Å². The first kappa shape index (κ1) is 19.2. The fourth-order valence-electron chi connectivity index (χ4n) is 3.06. The third-order valence-electron chi connectivity index (χ3n) is 4.26. The first-order valence-electron chi connectivity index (χ1n) is 7.96. The average Bonchev–Trinajstić information content (AvgIpc) is 2.60. The highest BCUT2D eigenvalue weighted by atomic mass is 19.4. The Morgan fingerprint density at radius 2 is 2.04 bits per heavy atom. The predicted molar refractivity (Wildman–Crippen MR) is 83.1 cm³/mol. The van der Waals surface area contributed by atoms with Crippen molar-refractivity contribution in [1.82, 2.24) is 5.32 Å². The molecule has 0 aliphatic carbocycles. The van der Waals surface area contributed by atoms with Gasteiger partial charge in [0.1, 0.15) is 0 Å². The van der Waals surface area contributed by atoms with Crippen LogP contribution in [0.15, 0.2) is 18.2 Å². The van der Waals surface area contributed by atoms with Crippen LogP contribution in [0.5, 0.6) is 0 Å².